The minimum atomic E-state index is -4.00. The number of anilines is 1. The molecule has 0 unspecified atom stereocenters. The average Bonchev–Trinajstić information content (AvgIpc) is 2.83. The molecule has 0 fully saturated rings. The molecule has 0 saturated carbocycles. The van der Waals surface area contributed by atoms with Gasteiger partial charge in [0.2, 0.25) is 0 Å². The molecule has 0 aromatic heterocycles. The number of hydrazone groups is 1. The molecule has 0 aliphatic rings. The molecule has 0 radical (unpaired) electrons. The number of halogens is 1. The Hall–Kier alpha value is -3.37. The van der Waals surface area contributed by atoms with E-state index in [-0.39, 0.29) is 4.90 Å². The topological polar surface area (TPSA) is 97.3 Å². The van der Waals surface area contributed by atoms with Crippen molar-refractivity contribution in [2.75, 3.05) is 25.1 Å². The maximum absolute atomic E-state index is 13.3. The Morgan fingerprint density at radius 1 is 1.03 bits per heavy atom. The second-order valence-electron chi connectivity index (χ2n) is 6.71. The Morgan fingerprint density at radius 3 is 2.45 bits per heavy atom. The van der Waals surface area contributed by atoms with Crippen molar-refractivity contribution in [3.8, 4) is 11.5 Å². The first-order valence-electron chi connectivity index (χ1n) is 9.72. The summed E-state index contributed by atoms with van der Waals surface area (Å²) in [5.74, 6) is 0.516. The van der Waals surface area contributed by atoms with Crippen LogP contribution < -0.4 is 19.2 Å². The Labute approximate surface area is 201 Å². The van der Waals surface area contributed by atoms with Crippen LogP contribution in [0.5, 0.6) is 11.5 Å². The maximum atomic E-state index is 13.3. The first-order chi connectivity index (χ1) is 15.8. The molecule has 0 aliphatic heterocycles. The van der Waals surface area contributed by atoms with E-state index in [1.54, 1.807) is 60.7 Å². The summed E-state index contributed by atoms with van der Waals surface area (Å²) in [4.78, 5) is 12.7. The fraction of sp³-hybridized carbons (Fsp3) is 0.130. The van der Waals surface area contributed by atoms with Gasteiger partial charge in [0.25, 0.3) is 15.9 Å². The summed E-state index contributed by atoms with van der Waals surface area (Å²) in [6.45, 7) is -0.472. The minimum absolute atomic E-state index is 0.0717. The van der Waals surface area contributed by atoms with E-state index in [0.717, 1.165) is 4.31 Å². The largest absolute Gasteiger partial charge is 0.497 e. The van der Waals surface area contributed by atoms with Crippen molar-refractivity contribution in [3.05, 3.63) is 82.8 Å². The molecule has 10 heteroatoms. The molecule has 0 aliphatic carbocycles. The molecule has 0 saturated heterocycles. The second kappa shape index (κ2) is 11.0. The second-order valence-corrected chi connectivity index (χ2v) is 9.48. The van der Waals surface area contributed by atoms with Gasteiger partial charge in [-0.05, 0) is 48.5 Å². The van der Waals surface area contributed by atoms with Gasteiger partial charge in [-0.15, -0.1) is 0 Å². The van der Waals surface area contributed by atoms with Crippen LogP contribution in [0.1, 0.15) is 5.56 Å². The van der Waals surface area contributed by atoms with Gasteiger partial charge in [-0.2, -0.15) is 5.10 Å². The molecular formula is C23H22BrN3O5S. The van der Waals surface area contributed by atoms with Gasteiger partial charge in [-0.1, -0.05) is 40.2 Å². The summed E-state index contributed by atoms with van der Waals surface area (Å²) in [6, 6.07) is 19.8. The van der Waals surface area contributed by atoms with Gasteiger partial charge in [0.05, 0.1) is 31.0 Å². The van der Waals surface area contributed by atoms with Gasteiger partial charge in [0.15, 0.2) is 0 Å². The van der Waals surface area contributed by atoms with Crippen LogP contribution in [0.15, 0.2) is 87.3 Å². The average molecular weight is 532 g/mol. The molecule has 8 nitrogen and oxygen atoms in total. The molecule has 33 heavy (non-hydrogen) atoms. The first-order valence-corrected chi connectivity index (χ1v) is 12.0. The Bertz CT molecular complexity index is 1250. The lowest BCUT2D eigenvalue weighted by Gasteiger charge is -2.23. The summed E-state index contributed by atoms with van der Waals surface area (Å²) in [5, 5.41) is 3.95. The molecule has 0 bridgehead atoms. The number of methoxy groups -OCH3 is 2. The third kappa shape index (κ3) is 6.11. The van der Waals surface area contributed by atoms with Crippen LogP contribution in [0.25, 0.3) is 0 Å². The van der Waals surface area contributed by atoms with Gasteiger partial charge in [0, 0.05) is 10.0 Å². The number of hydrogen-bond donors (Lipinski definition) is 1. The quantitative estimate of drug-likeness (QED) is 0.334. The van der Waals surface area contributed by atoms with E-state index >= 15 is 0 Å². The van der Waals surface area contributed by atoms with Gasteiger partial charge >= 0.3 is 0 Å². The molecule has 172 valence electrons. The van der Waals surface area contributed by atoms with Crippen molar-refractivity contribution >= 4 is 43.8 Å². The predicted molar refractivity (Wildman–Crippen MR) is 130 cm³/mol. The van der Waals surface area contributed by atoms with Crippen molar-refractivity contribution in [2.24, 2.45) is 5.10 Å². The van der Waals surface area contributed by atoms with Crippen LogP contribution in [-0.2, 0) is 14.8 Å². The highest BCUT2D eigenvalue weighted by atomic mass is 79.9. The van der Waals surface area contributed by atoms with Gasteiger partial charge in [0.1, 0.15) is 18.0 Å². The molecule has 3 aromatic carbocycles. The monoisotopic (exact) mass is 531 g/mol. The molecular weight excluding hydrogens is 510 g/mol. The Morgan fingerprint density at radius 2 is 1.79 bits per heavy atom. The normalized spacial score (nSPS) is 11.2. The number of hydrogen-bond acceptors (Lipinski definition) is 6. The summed E-state index contributed by atoms with van der Waals surface area (Å²) >= 11 is 3.35. The van der Waals surface area contributed by atoms with Crippen LogP contribution in [0.4, 0.5) is 5.69 Å². The summed E-state index contributed by atoms with van der Waals surface area (Å²) in [5.41, 5.74) is 3.29. The number of carbonyl (C=O) groups is 1. The number of carbonyl (C=O) groups excluding carboxylic acids is 1. The lowest BCUT2D eigenvalue weighted by atomic mass is 10.2. The van der Waals surface area contributed by atoms with Crippen molar-refractivity contribution in [3.63, 3.8) is 0 Å². The first kappa shape index (κ1) is 24.3. The summed E-state index contributed by atoms with van der Waals surface area (Å²) in [6.07, 6.45) is 1.40. The molecule has 0 spiro atoms. The fourth-order valence-electron chi connectivity index (χ4n) is 2.95. The van der Waals surface area contributed by atoms with Crippen molar-refractivity contribution < 1.29 is 22.7 Å². The van der Waals surface area contributed by atoms with E-state index in [1.807, 2.05) is 0 Å². The van der Waals surface area contributed by atoms with Crippen molar-refractivity contribution in [2.45, 2.75) is 4.90 Å². The fourth-order valence-corrected chi connectivity index (χ4v) is 4.77. The zero-order chi connectivity index (χ0) is 23.8. The number of benzene rings is 3. The molecule has 1 N–H and O–H groups in total. The highest BCUT2D eigenvalue weighted by molar-refractivity contribution is 9.10. The third-order valence-electron chi connectivity index (χ3n) is 4.54. The van der Waals surface area contributed by atoms with Crippen LogP contribution >= 0.6 is 15.9 Å². The summed E-state index contributed by atoms with van der Waals surface area (Å²) in [7, 11) is -0.948. The lowest BCUT2D eigenvalue weighted by Crippen LogP contribution is -2.39. The maximum Gasteiger partial charge on any atom is 0.264 e. The van der Waals surface area contributed by atoms with Gasteiger partial charge in [-0.3, -0.25) is 9.10 Å². The smallest absolute Gasteiger partial charge is 0.264 e. The number of rotatable bonds is 9. The Balaban J connectivity index is 1.84. The van der Waals surface area contributed by atoms with Gasteiger partial charge in [-0.25, -0.2) is 13.8 Å². The SMILES string of the molecule is COc1ccc(OC)c(/C=N\NC(=O)CN(c2cccc(Br)c2)S(=O)(=O)c2ccccc2)c1. The number of nitrogens with zero attached hydrogens (tertiary/aromatic N) is 2. The van der Waals surface area contributed by atoms with Gasteiger partial charge < -0.3 is 9.47 Å². The van der Waals surface area contributed by atoms with E-state index in [4.69, 9.17) is 9.47 Å². The molecule has 3 rings (SSSR count). The van der Waals surface area contributed by atoms with E-state index in [9.17, 15) is 13.2 Å². The van der Waals surface area contributed by atoms with E-state index in [1.165, 1.54) is 32.6 Å². The number of amides is 1. The minimum Gasteiger partial charge on any atom is -0.497 e. The van der Waals surface area contributed by atoms with Crippen LogP contribution in [0, 0.1) is 0 Å². The Kier molecular flexibility index (Phi) is 8.07. The van der Waals surface area contributed by atoms with Crippen LogP contribution in [-0.4, -0.2) is 41.3 Å². The lowest BCUT2D eigenvalue weighted by molar-refractivity contribution is -0.119. The zero-order valence-corrected chi connectivity index (χ0v) is 20.3. The number of sulfonamides is 1. The molecule has 0 atom stereocenters. The van der Waals surface area contributed by atoms with E-state index in [0.29, 0.717) is 27.2 Å². The highest BCUT2D eigenvalue weighted by Gasteiger charge is 2.27. The highest BCUT2D eigenvalue weighted by Crippen LogP contribution is 2.26. The van der Waals surface area contributed by atoms with E-state index < -0.39 is 22.5 Å². The third-order valence-corrected chi connectivity index (χ3v) is 6.83. The molecule has 3 aromatic rings. The summed E-state index contributed by atoms with van der Waals surface area (Å²) < 4.78 is 38.8. The van der Waals surface area contributed by atoms with E-state index in [2.05, 4.69) is 26.5 Å². The van der Waals surface area contributed by atoms with Crippen LogP contribution in [0.3, 0.4) is 0 Å². The molecule has 0 heterocycles. The van der Waals surface area contributed by atoms with Crippen molar-refractivity contribution in [1.29, 1.82) is 0 Å². The zero-order valence-electron chi connectivity index (χ0n) is 17.9. The standard InChI is InChI=1S/C23H22BrN3O5S/c1-31-20-11-12-22(32-2)17(13-20)15-25-26-23(28)16-27(19-8-6-7-18(24)14-19)33(29,30)21-9-4-3-5-10-21/h3-15H,16H2,1-2H3,(H,26,28)/b25-15-. The number of ether oxygens (including phenoxy) is 2. The van der Waals surface area contributed by atoms with Crippen molar-refractivity contribution in [1.82, 2.24) is 5.43 Å². The molecule has 1 amide bonds. The van der Waals surface area contributed by atoms with Crippen LogP contribution in [0.2, 0.25) is 0 Å². The predicted octanol–water partition coefficient (Wildman–Crippen LogP) is 3.81. The number of nitrogens with one attached hydrogen (secondary N) is 1.